The normalized spacial score (nSPS) is 10.2. The maximum atomic E-state index is 12.7. The number of rotatable bonds is 6. The van der Waals surface area contributed by atoms with Crippen LogP contribution in [0.3, 0.4) is 0 Å². The highest BCUT2D eigenvalue weighted by Crippen LogP contribution is 2.26. The lowest BCUT2D eigenvalue weighted by molar-refractivity contribution is 0.0781. The Balaban J connectivity index is 2.14. The molecule has 0 fully saturated rings. The van der Waals surface area contributed by atoms with Crippen LogP contribution in [0.2, 0.25) is 0 Å². The Kier molecular flexibility index (Phi) is 6.47. The van der Waals surface area contributed by atoms with Gasteiger partial charge >= 0.3 is 0 Å². The fourth-order valence-corrected chi connectivity index (χ4v) is 2.86. The van der Waals surface area contributed by atoms with Gasteiger partial charge in [-0.15, -0.1) is 11.8 Å². The Bertz CT molecular complexity index is 760. The zero-order valence-electron chi connectivity index (χ0n) is 14.8. The number of nitrogens with zero attached hydrogens (tertiary/aromatic N) is 1. The summed E-state index contributed by atoms with van der Waals surface area (Å²) < 4.78 is 5.36. The molecule has 6 heteroatoms. The largest absolute Gasteiger partial charge is 0.496 e. The summed E-state index contributed by atoms with van der Waals surface area (Å²) in [6, 6.07) is 12.8. The van der Waals surface area contributed by atoms with Crippen LogP contribution in [0.4, 0.5) is 0 Å². The summed E-state index contributed by atoms with van der Waals surface area (Å²) >= 11 is 1.60. The Morgan fingerprint density at radius 1 is 1.16 bits per heavy atom. The van der Waals surface area contributed by atoms with Crippen molar-refractivity contribution in [1.82, 2.24) is 10.2 Å². The van der Waals surface area contributed by atoms with Gasteiger partial charge in [0.1, 0.15) is 5.75 Å². The van der Waals surface area contributed by atoms with Crippen molar-refractivity contribution in [2.45, 2.75) is 11.4 Å². The fraction of sp³-hybridized carbons (Fsp3) is 0.263. The van der Waals surface area contributed by atoms with Gasteiger partial charge in [-0.05, 0) is 42.2 Å². The SMILES string of the molecule is CNC(=O)c1ccc(CN(C)C(=O)c2ccc(SC)cc2OC)cc1. The number of benzene rings is 2. The van der Waals surface area contributed by atoms with Gasteiger partial charge in [0, 0.05) is 31.1 Å². The average molecular weight is 358 g/mol. The number of hydrogen-bond acceptors (Lipinski definition) is 4. The van der Waals surface area contributed by atoms with E-state index in [1.54, 1.807) is 56.1 Å². The van der Waals surface area contributed by atoms with E-state index in [-0.39, 0.29) is 11.8 Å². The summed E-state index contributed by atoms with van der Waals surface area (Å²) in [4.78, 5) is 27.0. The second kappa shape index (κ2) is 8.58. The molecule has 1 N–H and O–H groups in total. The van der Waals surface area contributed by atoms with Gasteiger partial charge in [0.2, 0.25) is 0 Å². The first kappa shape index (κ1) is 18.9. The monoisotopic (exact) mass is 358 g/mol. The third-order valence-corrected chi connectivity index (χ3v) is 4.57. The molecule has 0 saturated carbocycles. The van der Waals surface area contributed by atoms with Crippen LogP contribution in [0.1, 0.15) is 26.3 Å². The first-order valence-electron chi connectivity index (χ1n) is 7.78. The number of carbonyl (C=O) groups excluding carboxylic acids is 2. The minimum Gasteiger partial charge on any atom is -0.496 e. The molecule has 0 aliphatic carbocycles. The molecule has 2 amide bonds. The standard InChI is InChI=1S/C19H22N2O3S/c1-20-18(22)14-7-5-13(6-8-14)12-21(2)19(23)16-10-9-15(25-4)11-17(16)24-3/h5-11H,12H2,1-4H3,(H,20,22). The summed E-state index contributed by atoms with van der Waals surface area (Å²) in [7, 11) is 4.91. The average Bonchev–Trinajstić information content (AvgIpc) is 2.66. The Morgan fingerprint density at radius 2 is 1.84 bits per heavy atom. The highest BCUT2D eigenvalue weighted by atomic mass is 32.2. The molecule has 2 aromatic rings. The molecule has 0 aromatic heterocycles. The first-order chi connectivity index (χ1) is 12.0. The maximum Gasteiger partial charge on any atom is 0.257 e. The van der Waals surface area contributed by atoms with Gasteiger partial charge in [-0.1, -0.05) is 12.1 Å². The Morgan fingerprint density at radius 3 is 2.40 bits per heavy atom. The minimum absolute atomic E-state index is 0.111. The van der Waals surface area contributed by atoms with Crippen molar-refractivity contribution in [3.63, 3.8) is 0 Å². The van der Waals surface area contributed by atoms with E-state index in [0.29, 0.717) is 23.4 Å². The molecule has 0 radical (unpaired) electrons. The molecule has 0 bridgehead atoms. The molecule has 0 aliphatic heterocycles. The van der Waals surface area contributed by atoms with Gasteiger partial charge in [0.25, 0.3) is 11.8 Å². The van der Waals surface area contributed by atoms with E-state index in [0.717, 1.165) is 10.5 Å². The summed E-state index contributed by atoms with van der Waals surface area (Å²) in [5.74, 6) is 0.327. The van der Waals surface area contributed by atoms with Gasteiger partial charge in [-0.25, -0.2) is 0 Å². The van der Waals surface area contributed by atoms with E-state index < -0.39 is 0 Å². The lowest BCUT2D eigenvalue weighted by Crippen LogP contribution is -2.26. The number of carbonyl (C=O) groups is 2. The predicted molar refractivity (Wildman–Crippen MR) is 100 cm³/mol. The molecule has 0 saturated heterocycles. The number of hydrogen-bond donors (Lipinski definition) is 1. The highest BCUT2D eigenvalue weighted by Gasteiger charge is 2.17. The first-order valence-corrected chi connectivity index (χ1v) is 9.01. The fourth-order valence-electron chi connectivity index (χ4n) is 2.43. The third kappa shape index (κ3) is 4.54. The van der Waals surface area contributed by atoms with Crippen LogP contribution in [0.15, 0.2) is 47.4 Å². The van der Waals surface area contributed by atoms with Crippen molar-refractivity contribution in [1.29, 1.82) is 0 Å². The van der Waals surface area contributed by atoms with E-state index in [9.17, 15) is 9.59 Å². The molecule has 2 rings (SSSR count). The number of methoxy groups -OCH3 is 1. The maximum absolute atomic E-state index is 12.7. The zero-order chi connectivity index (χ0) is 18.4. The molecule has 2 aromatic carbocycles. The summed E-state index contributed by atoms with van der Waals surface area (Å²) in [5, 5.41) is 2.58. The van der Waals surface area contributed by atoms with Crippen LogP contribution < -0.4 is 10.1 Å². The predicted octanol–water partition coefficient (Wildman–Crippen LogP) is 3.05. The molecule has 25 heavy (non-hydrogen) atoms. The zero-order valence-corrected chi connectivity index (χ0v) is 15.6. The summed E-state index contributed by atoms with van der Waals surface area (Å²) in [5.41, 5.74) is 2.07. The molecule has 132 valence electrons. The molecule has 0 aliphatic rings. The van der Waals surface area contributed by atoms with E-state index in [2.05, 4.69) is 5.32 Å². The van der Waals surface area contributed by atoms with Gasteiger partial charge in [-0.2, -0.15) is 0 Å². The Hall–Kier alpha value is -2.47. The van der Waals surface area contributed by atoms with Crippen molar-refractivity contribution in [3.05, 3.63) is 59.2 Å². The van der Waals surface area contributed by atoms with E-state index in [4.69, 9.17) is 4.74 Å². The van der Waals surface area contributed by atoms with E-state index in [1.165, 1.54) is 0 Å². The van der Waals surface area contributed by atoms with Gasteiger partial charge < -0.3 is 15.0 Å². The minimum atomic E-state index is -0.130. The number of ether oxygens (including phenoxy) is 1. The van der Waals surface area contributed by atoms with Crippen LogP contribution in [-0.2, 0) is 6.54 Å². The molecular weight excluding hydrogens is 336 g/mol. The molecular formula is C19H22N2O3S. The quantitative estimate of drug-likeness (QED) is 0.807. The summed E-state index contributed by atoms with van der Waals surface area (Å²) in [6.45, 7) is 0.445. The van der Waals surface area contributed by atoms with Crippen molar-refractivity contribution in [2.75, 3.05) is 27.5 Å². The number of nitrogens with one attached hydrogen (secondary N) is 1. The molecule has 0 heterocycles. The number of amides is 2. The molecule has 0 spiro atoms. The van der Waals surface area contributed by atoms with Crippen LogP contribution in [0, 0.1) is 0 Å². The molecule has 5 nitrogen and oxygen atoms in total. The topological polar surface area (TPSA) is 58.6 Å². The van der Waals surface area contributed by atoms with Crippen molar-refractivity contribution < 1.29 is 14.3 Å². The third-order valence-electron chi connectivity index (χ3n) is 3.85. The van der Waals surface area contributed by atoms with Gasteiger partial charge in [0.15, 0.2) is 0 Å². The van der Waals surface area contributed by atoms with Crippen molar-refractivity contribution in [3.8, 4) is 5.75 Å². The molecule has 0 atom stereocenters. The van der Waals surface area contributed by atoms with Crippen LogP contribution in [0.25, 0.3) is 0 Å². The van der Waals surface area contributed by atoms with Crippen molar-refractivity contribution >= 4 is 23.6 Å². The Labute approximate surface area is 152 Å². The van der Waals surface area contributed by atoms with Crippen LogP contribution in [0.5, 0.6) is 5.75 Å². The summed E-state index contributed by atoms with van der Waals surface area (Å²) in [6.07, 6.45) is 1.98. The van der Waals surface area contributed by atoms with E-state index >= 15 is 0 Å². The van der Waals surface area contributed by atoms with Crippen LogP contribution >= 0.6 is 11.8 Å². The highest BCUT2D eigenvalue weighted by molar-refractivity contribution is 7.98. The smallest absolute Gasteiger partial charge is 0.257 e. The van der Waals surface area contributed by atoms with Crippen molar-refractivity contribution in [2.24, 2.45) is 0 Å². The number of thioether (sulfide) groups is 1. The van der Waals surface area contributed by atoms with E-state index in [1.807, 2.05) is 30.5 Å². The van der Waals surface area contributed by atoms with Crippen LogP contribution in [-0.4, -0.2) is 44.2 Å². The second-order valence-corrected chi connectivity index (χ2v) is 6.38. The lowest BCUT2D eigenvalue weighted by atomic mass is 10.1. The molecule has 0 unspecified atom stereocenters. The van der Waals surface area contributed by atoms with Gasteiger partial charge in [-0.3, -0.25) is 9.59 Å². The second-order valence-electron chi connectivity index (χ2n) is 5.50. The van der Waals surface area contributed by atoms with Gasteiger partial charge in [0.05, 0.1) is 12.7 Å². The lowest BCUT2D eigenvalue weighted by Gasteiger charge is -2.19.